The van der Waals surface area contributed by atoms with Gasteiger partial charge in [-0.25, -0.2) is 0 Å². The molecule has 654 valence electrons. The lowest BCUT2D eigenvalue weighted by molar-refractivity contribution is 0.0497. The highest BCUT2D eigenvalue weighted by atomic mass is 28.5. The zero-order chi connectivity index (χ0) is 79.9. The smallest absolute Gasteiger partial charge is 0.317 e. The number of rotatable bonds is 55. The molecule has 12 fully saturated rings. The van der Waals surface area contributed by atoms with E-state index in [-0.39, 0.29) is 42.9 Å². The molecule has 12 heterocycles. The molecule has 0 bridgehead atoms. The van der Waals surface area contributed by atoms with Crippen molar-refractivity contribution in [1.82, 2.24) is 0 Å². The first-order valence-corrected chi connectivity index (χ1v) is 73.3. The molecule has 30 nitrogen and oxygen atoms in total. The molecular formula is C70H146O30Si12. The molecule has 12 aliphatic heterocycles. The quantitative estimate of drug-likeness (QED) is 0.0310. The fraction of sp³-hybridized carbons (Fsp3) is 1.00. The Morgan fingerprint density at radius 1 is 0.205 bits per heavy atom. The lowest BCUT2D eigenvalue weighted by Crippen LogP contribution is -2.67. The fourth-order valence-electron chi connectivity index (χ4n) is 15.2. The molecule has 16 unspecified atom stereocenters. The molecule has 12 aliphatic rings. The van der Waals surface area contributed by atoms with Crippen molar-refractivity contribution >= 4 is 103 Å². The summed E-state index contributed by atoms with van der Waals surface area (Å²) in [6.07, 6.45) is 11.2. The normalized spacial score (nSPS) is 39.3. The molecular weight excluding hydrogens is 1660 g/mol. The molecule has 0 amide bonds. The zero-order valence-electron chi connectivity index (χ0n) is 71.0. The molecule has 12 saturated heterocycles. The average Bonchev–Trinajstić information content (AvgIpc) is 1.70. The molecule has 0 aromatic carbocycles. The second-order valence-corrected chi connectivity index (χ2v) is 78.0. The molecule has 42 heteroatoms. The van der Waals surface area contributed by atoms with Gasteiger partial charge in [-0.3, -0.25) is 0 Å². The van der Waals surface area contributed by atoms with E-state index in [1.54, 1.807) is 0 Å². The Morgan fingerprint density at radius 3 is 0.509 bits per heavy atom. The third-order valence-corrected chi connectivity index (χ3v) is 75.6. The van der Waals surface area contributed by atoms with Gasteiger partial charge < -0.3 is 135 Å². The van der Waals surface area contributed by atoms with Crippen molar-refractivity contribution < 1.29 is 135 Å². The molecule has 0 spiro atoms. The molecule has 112 heavy (non-hydrogen) atoms. The third kappa shape index (κ3) is 39.9. The van der Waals surface area contributed by atoms with Gasteiger partial charge in [0.15, 0.2) is 6.29 Å². The fourth-order valence-corrected chi connectivity index (χ4v) is 83.7. The lowest BCUT2D eigenvalue weighted by Gasteiger charge is -2.50. The van der Waals surface area contributed by atoms with E-state index in [1.165, 1.54) is 0 Å². The minimum absolute atomic E-state index is 0.0471. The number of hydrogen-bond donors (Lipinski definition) is 0. The van der Waals surface area contributed by atoms with Crippen LogP contribution in [0, 0.1) is 0 Å². The lowest BCUT2D eigenvalue weighted by atomic mass is 10.5. The van der Waals surface area contributed by atoms with Crippen LogP contribution in [0.4, 0.5) is 0 Å². The van der Waals surface area contributed by atoms with Crippen molar-refractivity contribution in [3.05, 3.63) is 0 Å². The van der Waals surface area contributed by atoms with Crippen LogP contribution in [0.3, 0.4) is 0 Å². The van der Waals surface area contributed by atoms with Gasteiger partial charge in [-0.05, 0) is 210 Å². The van der Waals surface area contributed by atoms with Gasteiger partial charge in [0.1, 0.15) is 55.4 Å². The van der Waals surface area contributed by atoms with Crippen LogP contribution < -0.4 is 0 Å². The van der Waals surface area contributed by atoms with E-state index in [9.17, 15) is 0 Å². The summed E-state index contributed by atoms with van der Waals surface area (Å²) >= 11 is 0. The minimum Gasteiger partial charge on any atom is -0.416 e. The van der Waals surface area contributed by atoms with Gasteiger partial charge in [0, 0.05) is 59.5 Å². The van der Waals surface area contributed by atoms with Gasteiger partial charge in [0.05, 0.1) is 106 Å². The first-order valence-electron chi connectivity index (χ1n) is 42.4. The highest BCUT2D eigenvalue weighted by Crippen LogP contribution is 2.42. The van der Waals surface area contributed by atoms with Gasteiger partial charge in [-0.15, -0.1) is 0 Å². The van der Waals surface area contributed by atoms with Crippen LogP contribution in [0.1, 0.15) is 71.1 Å². The van der Waals surface area contributed by atoms with E-state index >= 15 is 0 Å². The van der Waals surface area contributed by atoms with Crippen molar-refractivity contribution in [3.63, 3.8) is 0 Å². The van der Waals surface area contributed by atoms with Crippen molar-refractivity contribution in [2.75, 3.05) is 172 Å². The maximum atomic E-state index is 7.22. The summed E-state index contributed by atoms with van der Waals surface area (Å²) in [7, 11) is -30.7. The van der Waals surface area contributed by atoms with Gasteiger partial charge in [-0.2, -0.15) is 0 Å². The highest BCUT2D eigenvalue weighted by Gasteiger charge is 2.59. The largest absolute Gasteiger partial charge is 0.416 e. The van der Waals surface area contributed by atoms with Crippen molar-refractivity contribution in [3.8, 4) is 0 Å². The molecule has 0 aromatic heterocycles. The summed E-state index contributed by atoms with van der Waals surface area (Å²) in [4.78, 5) is 0. The second-order valence-electron chi connectivity index (χ2n) is 34.9. The molecule has 0 radical (unpaired) electrons. The molecule has 12 rings (SSSR count). The Kier molecular flexibility index (Phi) is 38.3. The van der Waals surface area contributed by atoms with E-state index in [1.807, 2.05) is 0 Å². The van der Waals surface area contributed by atoms with Crippen molar-refractivity contribution in [2.24, 2.45) is 0 Å². The van der Waals surface area contributed by atoms with Crippen LogP contribution in [0.5, 0.6) is 0 Å². The Labute approximate surface area is 683 Å². The number of epoxide rings is 9. The summed E-state index contributed by atoms with van der Waals surface area (Å²) in [5.41, 5.74) is 0. The van der Waals surface area contributed by atoms with Gasteiger partial charge in [0.2, 0.25) is 0 Å². The first-order chi connectivity index (χ1) is 53.3. The Hall–Kier alpha value is 1.40. The predicted octanol–water partition coefficient (Wildman–Crippen LogP) is 10.9. The van der Waals surface area contributed by atoms with Crippen LogP contribution in [0.2, 0.25) is 152 Å². The number of hydrogen-bond acceptors (Lipinski definition) is 30. The van der Waals surface area contributed by atoms with Crippen LogP contribution in [0.15, 0.2) is 0 Å². The molecule has 0 saturated carbocycles. The Morgan fingerprint density at radius 2 is 0.357 bits per heavy atom. The average molecular weight is 1800 g/mol. The number of ether oxygens (including phenoxy) is 18. The molecule has 0 aromatic rings. The summed E-state index contributed by atoms with van der Waals surface area (Å²) in [6.45, 7) is 51.4. The van der Waals surface area contributed by atoms with E-state index in [0.29, 0.717) is 131 Å². The van der Waals surface area contributed by atoms with E-state index in [0.717, 1.165) is 178 Å². The first kappa shape index (κ1) is 95.6. The highest BCUT2D eigenvalue weighted by molar-refractivity contribution is 6.96. The Balaban J connectivity index is 0.000000180. The van der Waals surface area contributed by atoms with E-state index < -0.39 is 103 Å². The van der Waals surface area contributed by atoms with Gasteiger partial charge in [0.25, 0.3) is 0 Å². The maximum absolute atomic E-state index is 7.22. The Bertz CT molecular complexity index is 2620. The molecule has 0 N–H and O–H groups in total. The second kappa shape index (κ2) is 44.8. The molecule has 16 atom stereocenters. The van der Waals surface area contributed by atoms with Crippen molar-refractivity contribution in [2.45, 2.75) is 278 Å². The topological polar surface area (TPSA) is 307 Å². The van der Waals surface area contributed by atoms with Crippen LogP contribution in [-0.4, -0.2) is 330 Å². The van der Waals surface area contributed by atoms with E-state index in [2.05, 4.69) is 98.6 Å². The van der Waals surface area contributed by atoms with Crippen LogP contribution in [-0.2, 0) is 135 Å². The van der Waals surface area contributed by atoms with Crippen LogP contribution >= 0.6 is 0 Å². The van der Waals surface area contributed by atoms with Gasteiger partial charge >= 0.3 is 103 Å². The zero-order valence-corrected chi connectivity index (χ0v) is 83.0. The van der Waals surface area contributed by atoms with Crippen LogP contribution in [0.25, 0.3) is 0 Å². The molecule has 0 aliphatic carbocycles. The third-order valence-electron chi connectivity index (χ3n) is 20.4. The standard InChI is InChI=1S/C27H54O12Si4.C23H48O10Si4.C20H44O8Si4/c1-40(13-5-9-28-17-24-20-32-24)36-41(2,14-6-10-29-18-25-21-33-25)38-43(4,16-8-12-31-27-23-35-27)39-42(3,37-40)15-7-11-30-19-26-22-34-26;1-34(2)30-35(3,12-6-9-24-15-21-18-27-21)32-37(5,14-8-11-26-17-23-20-29-23)33-36(4,31-34)13-7-10-25-16-22-19-28-22;1-7-12-30(4)25-29(2,3)26-31(5,13-8-10-21-15-19-17-23-19)28-32(6,27-30)14-9-11-22-16-20-18-24-20/h24-27H,5-23H2,1-4H3;21-23H,6-20H2,1-5H3;19-20H,7-18H2,1-6H3. The summed E-state index contributed by atoms with van der Waals surface area (Å²) in [5, 5.41) is 0. The monoisotopic (exact) mass is 1800 g/mol. The SMILES string of the molecule is CCC[Si]1(C)O[Si](C)(C)O[Si](C)(CCCOCC2CO2)O[Si](C)(CCCOCC2CO2)O1.C[Si]1(C)O[Si](C)(CCCOCC2CO2)O[Si](C)(CCCOCC2CO2)O[Si](C)(CCCOCC2CO2)O1.C[Si]1(CCCOCC2CO2)O[Si](C)(CCCOCC2CO2)O[Si](C)(CCCOC2CO2)O[Si](C)(CCCOCC2CO2)O1. The summed E-state index contributed by atoms with van der Waals surface area (Å²) < 4.78 is 184. The summed E-state index contributed by atoms with van der Waals surface area (Å²) in [6, 6.07) is 8.59. The van der Waals surface area contributed by atoms with Gasteiger partial charge in [-0.1, -0.05) is 13.3 Å². The summed E-state index contributed by atoms with van der Waals surface area (Å²) in [5.74, 6) is 0. The predicted molar refractivity (Wildman–Crippen MR) is 444 cm³/mol. The van der Waals surface area contributed by atoms with Crippen molar-refractivity contribution in [1.29, 1.82) is 0 Å². The maximum Gasteiger partial charge on any atom is 0.317 e. The minimum atomic E-state index is -2.69. The van der Waals surface area contributed by atoms with E-state index in [4.69, 9.17) is 135 Å².